The van der Waals surface area contributed by atoms with Gasteiger partial charge in [-0.25, -0.2) is 21.9 Å². The van der Waals surface area contributed by atoms with Crippen molar-refractivity contribution in [1.82, 2.24) is 14.9 Å². The zero-order chi connectivity index (χ0) is 17.5. The van der Waals surface area contributed by atoms with Crippen molar-refractivity contribution in [3.8, 4) is 5.75 Å². The quantitative estimate of drug-likeness (QED) is 0.879. The second-order valence-electron chi connectivity index (χ2n) is 5.95. The number of ether oxygens (including phenoxy) is 1. The minimum Gasteiger partial charge on any atom is -0.486 e. The number of nitrogens with zero attached hydrogens (tertiary/aromatic N) is 2. The van der Waals surface area contributed by atoms with Gasteiger partial charge in [-0.05, 0) is 25.5 Å². The molecule has 1 aromatic carbocycles. The van der Waals surface area contributed by atoms with Gasteiger partial charge in [0.1, 0.15) is 16.2 Å². The van der Waals surface area contributed by atoms with E-state index in [0.29, 0.717) is 12.2 Å². The predicted molar refractivity (Wildman–Crippen MR) is 78.1 cm³/mol. The summed E-state index contributed by atoms with van der Waals surface area (Å²) < 4.78 is 62.3. The van der Waals surface area contributed by atoms with E-state index in [0.717, 1.165) is 5.56 Å². The van der Waals surface area contributed by atoms with Gasteiger partial charge in [-0.1, -0.05) is 17.3 Å². The van der Waals surface area contributed by atoms with Gasteiger partial charge in [0.25, 0.3) is 0 Å². The Bertz CT molecular complexity index is 865. The third-order valence-electron chi connectivity index (χ3n) is 3.44. The molecule has 0 bridgehead atoms. The SMILES string of the molecule is CC1(C)Cc2cccc(S(=O)(=O)NCc3nc(C(F)F)no3)c2O1. The second kappa shape index (κ2) is 5.78. The Morgan fingerprint density at radius 1 is 1.38 bits per heavy atom. The van der Waals surface area contributed by atoms with E-state index in [1.807, 2.05) is 13.8 Å². The van der Waals surface area contributed by atoms with Crippen LogP contribution in [0.25, 0.3) is 0 Å². The summed E-state index contributed by atoms with van der Waals surface area (Å²) >= 11 is 0. The maximum absolute atomic E-state index is 12.5. The molecule has 0 saturated carbocycles. The monoisotopic (exact) mass is 359 g/mol. The topological polar surface area (TPSA) is 94.3 Å². The van der Waals surface area contributed by atoms with Crippen LogP contribution in [0.1, 0.15) is 37.6 Å². The molecular formula is C14H15F2N3O4S. The highest BCUT2D eigenvalue weighted by Crippen LogP contribution is 2.39. The van der Waals surface area contributed by atoms with Gasteiger partial charge in [0.05, 0.1) is 6.54 Å². The number of rotatable bonds is 5. The lowest BCUT2D eigenvalue weighted by Crippen LogP contribution is -2.26. The van der Waals surface area contributed by atoms with Gasteiger partial charge in [-0.15, -0.1) is 0 Å². The number of aromatic nitrogens is 2. The van der Waals surface area contributed by atoms with E-state index < -0.39 is 34.4 Å². The van der Waals surface area contributed by atoms with Gasteiger partial charge in [0.2, 0.25) is 21.7 Å². The first kappa shape index (κ1) is 16.8. The van der Waals surface area contributed by atoms with Crippen LogP contribution in [0, 0.1) is 0 Å². The molecule has 7 nitrogen and oxygen atoms in total. The molecule has 1 aliphatic rings. The molecule has 0 unspecified atom stereocenters. The van der Waals surface area contributed by atoms with Crippen molar-refractivity contribution in [3.05, 3.63) is 35.5 Å². The molecule has 1 aromatic heterocycles. The summed E-state index contributed by atoms with van der Waals surface area (Å²) in [6.07, 6.45) is -2.29. The number of halogens is 2. The first-order chi connectivity index (χ1) is 11.2. The maximum atomic E-state index is 12.5. The first-order valence-electron chi connectivity index (χ1n) is 7.09. The standard InChI is InChI=1S/C14H15F2N3O4S/c1-14(2)6-8-4-3-5-9(11(8)22-14)24(20,21)17-7-10-18-13(12(15)16)19-23-10/h3-5,12,17H,6-7H2,1-2H3. The predicted octanol–water partition coefficient (Wildman–Crippen LogP) is 2.20. The second-order valence-corrected chi connectivity index (χ2v) is 7.69. The Labute approximate surface area is 137 Å². The van der Waals surface area contributed by atoms with E-state index in [1.54, 1.807) is 12.1 Å². The number of para-hydroxylation sites is 1. The Hall–Kier alpha value is -2.07. The fourth-order valence-corrected chi connectivity index (χ4v) is 3.61. The van der Waals surface area contributed by atoms with Crippen LogP contribution in [-0.4, -0.2) is 24.2 Å². The third kappa shape index (κ3) is 3.24. The Balaban J connectivity index is 1.81. The van der Waals surface area contributed by atoms with E-state index in [4.69, 9.17) is 4.74 Å². The molecule has 0 saturated heterocycles. The van der Waals surface area contributed by atoms with Crippen LogP contribution >= 0.6 is 0 Å². The molecule has 10 heteroatoms. The summed E-state index contributed by atoms with van der Waals surface area (Å²) in [6.45, 7) is 3.33. The van der Waals surface area contributed by atoms with Gasteiger partial charge < -0.3 is 9.26 Å². The average Bonchev–Trinajstić information content (AvgIpc) is 3.06. The zero-order valence-electron chi connectivity index (χ0n) is 12.9. The highest BCUT2D eigenvalue weighted by atomic mass is 32.2. The van der Waals surface area contributed by atoms with Crippen molar-refractivity contribution in [2.24, 2.45) is 0 Å². The van der Waals surface area contributed by atoms with Crippen molar-refractivity contribution in [2.75, 3.05) is 0 Å². The summed E-state index contributed by atoms with van der Waals surface area (Å²) in [6, 6.07) is 4.84. The van der Waals surface area contributed by atoms with Gasteiger partial charge >= 0.3 is 6.43 Å². The molecule has 0 amide bonds. The number of fused-ring (bicyclic) bond motifs is 1. The maximum Gasteiger partial charge on any atom is 0.300 e. The highest BCUT2D eigenvalue weighted by molar-refractivity contribution is 7.89. The molecule has 2 heterocycles. The van der Waals surface area contributed by atoms with Gasteiger partial charge in [0.15, 0.2) is 0 Å². The Kier molecular flexibility index (Phi) is 4.04. The summed E-state index contributed by atoms with van der Waals surface area (Å²) in [7, 11) is -3.94. The molecular weight excluding hydrogens is 344 g/mol. The molecule has 1 aliphatic heterocycles. The lowest BCUT2D eigenvalue weighted by atomic mass is 10.0. The van der Waals surface area contributed by atoms with Crippen molar-refractivity contribution in [3.63, 3.8) is 0 Å². The Morgan fingerprint density at radius 2 is 2.12 bits per heavy atom. The zero-order valence-corrected chi connectivity index (χ0v) is 13.7. The highest BCUT2D eigenvalue weighted by Gasteiger charge is 2.34. The van der Waals surface area contributed by atoms with Crippen molar-refractivity contribution >= 4 is 10.0 Å². The van der Waals surface area contributed by atoms with Crippen LogP contribution in [0.2, 0.25) is 0 Å². The fourth-order valence-electron chi connectivity index (χ4n) is 2.46. The Morgan fingerprint density at radius 3 is 2.79 bits per heavy atom. The van der Waals surface area contributed by atoms with Gasteiger partial charge in [-0.3, -0.25) is 0 Å². The molecule has 0 atom stereocenters. The van der Waals surface area contributed by atoms with Crippen molar-refractivity contribution in [1.29, 1.82) is 0 Å². The van der Waals surface area contributed by atoms with Crippen molar-refractivity contribution in [2.45, 2.75) is 43.7 Å². The summed E-state index contributed by atoms with van der Waals surface area (Å²) in [5.41, 5.74) is 0.299. The number of hydrogen-bond acceptors (Lipinski definition) is 6. The molecule has 3 rings (SSSR count). The van der Waals surface area contributed by atoms with E-state index in [-0.39, 0.29) is 10.8 Å². The third-order valence-corrected chi connectivity index (χ3v) is 4.86. The van der Waals surface area contributed by atoms with Crippen LogP contribution < -0.4 is 9.46 Å². The number of benzene rings is 1. The van der Waals surface area contributed by atoms with E-state index in [9.17, 15) is 17.2 Å². The minimum absolute atomic E-state index is 0.0147. The molecule has 24 heavy (non-hydrogen) atoms. The molecule has 0 spiro atoms. The van der Waals surface area contributed by atoms with Crippen molar-refractivity contribution < 1.29 is 26.5 Å². The minimum atomic E-state index is -3.94. The molecule has 0 aliphatic carbocycles. The van der Waals surface area contributed by atoms with Crippen LogP contribution in [-0.2, 0) is 23.0 Å². The lowest BCUT2D eigenvalue weighted by Gasteiger charge is -2.18. The van der Waals surface area contributed by atoms with Gasteiger partial charge in [-0.2, -0.15) is 4.98 Å². The number of sulfonamides is 1. The smallest absolute Gasteiger partial charge is 0.300 e. The van der Waals surface area contributed by atoms with E-state index in [2.05, 4.69) is 19.4 Å². The average molecular weight is 359 g/mol. The number of nitrogens with one attached hydrogen (secondary N) is 1. The number of alkyl halides is 2. The van der Waals surface area contributed by atoms with E-state index in [1.165, 1.54) is 6.07 Å². The number of hydrogen-bond donors (Lipinski definition) is 1. The first-order valence-corrected chi connectivity index (χ1v) is 8.57. The van der Waals surface area contributed by atoms with E-state index >= 15 is 0 Å². The normalized spacial score (nSPS) is 16.2. The van der Waals surface area contributed by atoms with Crippen LogP contribution in [0.15, 0.2) is 27.6 Å². The van der Waals surface area contributed by atoms with Gasteiger partial charge in [0, 0.05) is 6.42 Å². The van der Waals surface area contributed by atoms with Crippen LogP contribution in [0.5, 0.6) is 5.75 Å². The largest absolute Gasteiger partial charge is 0.486 e. The summed E-state index contributed by atoms with van der Waals surface area (Å²) in [5.74, 6) is -0.730. The van der Waals surface area contributed by atoms with Crippen LogP contribution in [0.3, 0.4) is 0 Å². The summed E-state index contributed by atoms with van der Waals surface area (Å²) in [4.78, 5) is 3.40. The lowest BCUT2D eigenvalue weighted by molar-refractivity contribution is 0.134. The molecule has 0 fully saturated rings. The summed E-state index contributed by atoms with van der Waals surface area (Å²) in [5, 5.41) is 3.07. The molecule has 130 valence electrons. The molecule has 1 N–H and O–H groups in total. The van der Waals surface area contributed by atoms with Crippen LogP contribution in [0.4, 0.5) is 8.78 Å². The fraction of sp³-hybridized carbons (Fsp3) is 0.429. The molecule has 2 aromatic rings. The molecule has 0 radical (unpaired) electrons.